The monoisotopic (exact) mass is 190 g/mol. The third kappa shape index (κ3) is 1.71. The van der Waals surface area contributed by atoms with Gasteiger partial charge in [-0.2, -0.15) is 0 Å². The normalized spacial score (nSPS) is 15.2. The first kappa shape index (κ1) is 9.06. The quantitative estimate of drug-likeness (QED) is 0.694. The van der Waals surface area contributed by atoms with Gasteiger partial charge in [0, 0.05) is 11.7 Å². The third-order valence-corrected chi connectivity index (χ3v) is 2.44. The molecule has 3 nitrogen and oxygen atoms in total. The van der Waals surface area contributed by atoms with E-state index in [1.807, 2.05) is 19.1 Å². The second-order valence-corrected chi connectivity index (χ2v) is 3.79. The van der Waals surface area contributed by atoms with Crippen LogP contribution in [-0.2, 0) is 0 Å². The highest BCUT2D eigenvalue weighted by Gasteiger charge is 2.25. The average Bonchev–Trinajstić information content (AvgIpc) is 2.87. The molecule has 0 atom stereocenters. The van der Waals surface area contributed by atoms with E-state index in [9.17, 15) is 4.79 Å². The molecule has 74 valence electrons. The largest absolute Gasteiger partial charge is 0.398 e. The van der Waals surface area contributed by atoms with Gasteiger partial charge >= 0.3 is 0 Å². The molecule has 1 saturated carbocycles. The van der Waals surface area contributed by atoms with Crippen molar-refractivity contribution >= 4 is 11.6 Å². The van der Waals surface area contributed by atoms with Gasteiger partial charge in [-0.1, -0.05) is 12.1 Å². The van der Waals surface area contributed by atoms with Crippen molar-refractivity contribution in [3.63, 3.8) is 0 Å². The Labute approximate surface area is 83.3 Å². The average molecular weight is 190 g/mol. The summed E-state index contributed by atoms with van der Waals surface area (Å²) in [6.07, 6.45) is 2.19. The van der Waals surface area contributed by atoms with Gasteiger partial charge in [-0.05, 0) is 31.4 Å². The zero-order valence-electron chi connectivity index (χ0n) is 8.21. The van der Waals surface area contributed by atoms with E-state index in [1.54, 1.807) is 6.07 Å². The lowest BCUT2D eigenvalue weighted by molar-refractivity contribution is 0.0951. The predicted molar refractivity (Wildman–Crippen MR) is 56.1 cm³/mol. The number of rotatable bonds is 2. The molecule has 0 unspecified atom stereocenters. The Morgan fingerprint density at radius 3 is 2.79 bits per heavy atom. The van der Waals surface area contributed by atoms with Gasteiger partial charge in [0.15, 0.2) is 0 Å². The van der Waals surface area contributed by atoms with Crippen molar-refractivity contribution in [3.05, 3.63) is 29.3 Å². The first-order valence-corrected chi connectivity index (χ1v) is 4.84. The van der Waals surface area contributed by atoms with Crippen LogP contribution in [0.3, 0.4) is 0 Å². The Morgan fingerprint density at radius 1 is 1.50 bits per heavy atom. The van der Waals surface area contributed by atoms with E-state index < -0.39 is 0 Å². The SMILES string of the molecule is Cc1cccc(N)c1C(=O)NC1CC1. The van der Waals surface area contributed by atoms with Gasteiger partial charge in [0.2, 0.25) is 0 Å². The van der Waals surface area contributed by atoms with E-state index in [1.165, 1.54) is 0 Å². The first-order chi connectivity index (χ1) is 6.68. The summed E-state index contributed by atoms with van der Waals surface area (Å²) in [6, 6.07) is 5.90. The van der Waals surface area contributed by atoms with E-state index in [-0.39, 0.29) is 5.91 Å². The van der Waals surface area contributed by atoms with E-state index in [0.29, 0.717) is 17.3 Å². The topological polar surface area (TPSA) is 55.1 Å². The molecule has 3 N–H and O–H groups in total. The lowest BCUT2D eigenvalue weighted by atomic mass is 10.1. The molecular formula is C11H14N2O. The number of carbonyl (C=O) groups excluding carboxylic acids is 1. The maximum absolute atomic E-state index is 11.7. The maximum atomic E-state index is 11.7. The van der Waals surface area contributed by atoms with Crippen LogP contribution in [0.1, 0.15) is 28.8 Å². The number of anilines is 1. The van der Waals surface area contributed by atoms with E-state index >= 15 is 0 Å². The Hall–Kier alpha value is -1.51. The van der Waals surface area contributed by atoms with Crippen molar-refractivity contribution in [3.8, 4) is 0 Å². The van der Waals surface area contributed by atoms with Gasteiger partial charge < -0.3 is 11.1 Å². The van der Waals surface area contributed by atoms with Crippen molar-refractivity contribution in [2.24, 2.45) is 0 Å². The molecule has 0 heterocycles. The predicted octanol–water partition coefficient (Wildman–Crippen LogP) is 1.47. The Bertz CT molecular complexity index is 349. The van der Waals surface area contributed by atoms with Crippen molar-refractivity contribution in [2.45, 2.75) is 25.8 Å². The van der Waals surface area contributed by atoms with Crippen LogP contribution >= 0.6 is 0 Å². The summed E-state index contributed by atoms with van der Waals surface area (Å²) in [6.45, 7) is 1.90. The highest BCUT2D eigenvalue weighted by Crippen LogP contribution is 2.21. The number of carbonyl (C=O) groups is 1. The molecule has 1 aromatic carbocycles. The maximum Gasteiger partial charge on any atom is 0.253 e. The summed E-state index contributed by atoms with van der Waals surface area (Å²) in [5.74, 6) is -0.0388. The van der Waals surface area contributed by atoms with Gasteiger partial charge in [0.05, 0.1) is 5.56 Å². The minimum atomic E-state index is -0.0388. The minimum Gasteiger partial charge on any atom is -0.398 e. The fourth-order valence-corrected chi connectivity index (χ4v) is 1.49. The first-order valence-electron chi connectivity index (χ1n) is 4.84. The number of benzene rings is 1. The minimum absolute atomic E-state index is 0.0388. The van der Waals surface area contributed by atoms with Crippen LogP contribution in [0.4, 0.5) is 5.69 Å². The van der Waals surface area contributed by atoms with E-state index in [0.717, 1.165) is 18.4 Å². The number of aryl methyl sites for hydroxylation is 1. The zero-order valence-corrected chi connectivity index (χ0v) is 8.21. The summed E-state index contributed by atoms with van der Waals surface area (Å²) < 4.78 is 0. The van der Waals surface area contributed by atoms with Gasteiger partial charge in [0.25, 0.3) is 5.91 Å². The molecule has 1 fully saturated rings. The molecule has 0 saturated heterocycles. The smallest absolute Gasteiger partial charge is 0.253 e. The summed E-state index contributed by atoms with van der Waals surface area (Å²) in [7, 11) is 0. The molecule has 2 rings (SSSR count). The molecule has 0 aliphatic heterocycles. The summed E-state index contributed by atoms with van der Waals surface area (Å²) >= 11 is 0. The number of nitrogens with one attached hydrogen (secondary N) is 1. The standard InChI is InChI=1S/C11H14N2O/c1-7-3-2-4-9(12)10(7)11(14)13-8-5-6-8/h2-4,8H,5-6,12H2,1H3,(H,13,14). The summed E-state index contributed by atoms with van der Waals surface area (Å²) in [5, 5.41) is 2.93. The lowest BCUT2D eigenvalue weighted by Crippen LogP contribution is -2.26. The van der Waals surface area contributed by atoms with Gasteiger partial charge in [-0.15, -0.1) is 0 Å². The Balaban J connectivity index is 2.24. The number of hydrogen-bond acceptors (Lipinski definition) is 2. The second kappa shape index (κ2) is 3.33. The molecule has 3 heteroatoms. The van der Waals surface area contributed by atoms with Crippen molar-refractivity contribution in [1.82, 2.24) is 5.32 Å². The molecule has 0 aromatic heterocycles. The molecule has 0 spiro atoms. The van der Waals surface area contributed by atoms with Crippen molar-refractivity contribution in [2.75, 3.05) is 5.73 Å². The fourth-order valence-electron chi connectivity index (χ4n) is 1.49. The molecule has 14 heavy (non-hydrogen) atoms. The Morgan fingerprint density at radius 2 is 2.21 bits per heavy atom. The molecule has 1 aliphatic rings. The Kier molecular flexibility index (Phi) is 2.15. The van der Waals surface area contributed by atoms with Crippen LogP contribution in [0.2, 0.25) is 0 Å². The van der Waals surface area contributed by atoms with Crippen LogP contribution in [0.15, 0.2) is 18.2 Å². The van der Waals surface area contributed by atoms with Crippen LogP contribution < -0.4 is 11.1 Å². The van der Waals surface area contributed by atoms with Crippen LogP contribution in [0.5, 0.6) is 0 Å². The van der Waals surface area contributed by atoms with Crippen LogP contribution in [0, 0.1) is 6.92 Å². The van der Waals surface area contributed by atoms with Crippen molar-refractivity contribution in [1.29, 1.82) is 0 Å². The zero-order chi connectivity index (χ0) is 10.1. The molecule has 0 radical (unpaired) electrons. The molecular weight excluding hydrogens is 176 g/mol. The fraction of sp³-hybridized carbons (Fsp3) is 0.364. The highest BCUT2D eigenvalue weighted by molar-refractivity contribution is 6.00. The number of amides is 1. The highest BCUT2D eigenvalue weighted by atomic mass is 16.1. The van der Waals surface area contributed by atoms with Crippen LogP contribution in [-0.4, -0.2) is 11.9 Å². The van der Waals surface area contributed by atoms with Gasteiger partial charge in [-0.3, -0.25) is 4.79 Å². The number of nitrogen functional groups attached to an aromatic ring is 1. The van der Waals surface area contributed by atoms with Gasteiger partial charge in [0.1, 0.15) is 0 Å². The summed E-state index contributed by atoms with van der Waals surface area (Å²) in [5.41, 5.74) is 7.87. The number of hydrogen-bond donors (Lipinski definition) is 2. The van der Waals surface area contributed by atoms with Crippen LogP contribution in [0.25, 0.3) is 0 Å². The van der Waals surface area contributed by atoms with E-state index in [4.69, 9.17) is 5.73 Å². The third-order valence-electron chi connectivity index (χ3n) is 2.44. The lowest BCUT2D eigenvalue weighted by Gasteiger charge is -2.08. The van der Waals surface area contributed by atoms with E-state index in [2.05, 4.69) is 5.32 Å². The molecule has 1 aliphatic carbocycles. The molecule has 1 amide bonds. The van der Waals surface area contributed by atoms with Crippen molar-refractivity contribution < 1.29 is 4.79 Å². The summed E-state index contributed by atoms with van der Waals surface area (Å²) in [4.78, 5) is 11.7. The number of nitrogens with two attached hydrogens (primary N) is 1. The molecule has 0 bridgehead atoms. The second-order valence-electron chi connectivity index (χ2n) is 3.79. The molecule has 1 aromatic rings. The van der Waals surface area contributed by atoms with Gasteiger partial charge in [-0.25, -0.2) is 0 Å².